The Labute approximate surface area is 209 Å². The minimum Gasteiger partial charge on any atom is -0.405 e. The average molecular weight is 496 g/mol. The van der Waals surface area contributed by atoms with Gasteiger partial charge < -0.3 is 19.2 Å². The molecule has 0 bridgehead atoms. The van der Waals surface area contributed by atoms with Crippen molar-refractivity contribution in [2.75, 3.05) is 13.7 Å². The summed E-state index contributed by atoms with van der Waals surface area (Å²) in [6.07, 6.45) is 1.63. The van der Waals surface area contributed by atoms with Gasteiger partial charge in [0.05, 0.1) is 24.8 Å². The molecular weight excluding hydrogens is 458 g/mol. The van der Waals surface area contributed by atoms with Crippen LogP contribution in [0.15, 0.2) is 60.7 Å². The van der Waals surface area contributed by atoms with E-state index in [2.05, 4.69) is 45.0 Å². The number of carbonyl (C=O) groups is 2. The summed E-state index contributed by atoms with van der Waals surface area (Å²) < 4.78 is 12.5. The van der Waals surface area contributed by atoms with E-state index in [1.54, 1.807) is 4.90 Å². The van der Waals surface area contributed by atoms with Gasteiger partial charge in [-0.3, -0.25) is 9.59 Å². The van der Waals surface area contributed by atoms with Crippen LogP contribution in [-0.4, -0.2) is 68.0 Å². The molecule has 0 aromatic heterocycles. The molecule has 2 heterocycles. The fraction of sp³-hybridized carbons (Fsp3) is 0.500. The molecule has 2 fully saturated rings. The molecule has 188 valence electrons. The zero-order valence-electron chi connectivity index (χ0n) is 21.1. The molecule has 4 atom stereocenters. The Morgan fingerprint density at radius 2 is 1.60 bits per heavy atom. The van der Waals surface area contributed by atoms with Crippen LogP contribution in [0.25, 0.3) is 0 Å². The fourth-order valence-corrected chi connectivity index (χ4v) is 10.7. The SMILES string of the molecule is CO[C@@H]1CCC(=O)N2[C@H](CO[Si](c3ccccc3)(c3ccccc3)C(C)(C)C)CC[C@H]2[C@@]1(O)C=O. The van der Waals surface area contributed by atoms with Crippen molar-refractivity contribution in [3.05, 3.63) is 60.7 Å². The second-order valence-electron chi connectivity index (χ2n) is 10.8. The Morgan fingerprint density at radius 3 is 2.09 bits per heavy atom. The van der Waals surface area contributed by atoms with E-state index in [-0.39, 0.29) is 23.4 Å². The number of hydrogen-bond acceptors (Lipinski definition) is 5. The predicted molar refractivity (Wildman–Crippen MR) is 138 cm³/mol. The Bertz CT molecular complexity index is 985. The number of methoxy groups -OCH3 is 1. The second-order valence-corrected chi connectivity index (χ2v) is 15.1. The summed E-state index contributed by atoms with van der Waals surface area (Å²) in [4.78, 5) is 27.0. The Balaban J connectivity index is 1.71. The highest BCUT2D eigenvalue weighted by molar-refractivity contribution is 6.99. The van der Waals surface area contributed by atoms with Crippen molar-refractivity contribution in [2.45, 2.75) is 75.3 Å². The van der Waals surface area contributed by atoms with Gasteiger partial charge in [0.1, 0.15) is 0 Å². The van der Waals surface area contributed by atoms with Crippen LogP contribution in [0.4, 0.5) is 0 Å². The van der Waals surface area contributed by atoms with Gasteiger partial charge in [-0.05, 0) is 34.7 Å². The molecule has 6 nitrogen and oxygen atoms in total. The normalized spacial score (nSPS) is 27.4. The van der Waals surface area contributed by atoms with Gasteiger partial charge in [-0.2, -0.15) is 0 Å². The van der Waals surface area contributed by atoms with Crippen molar-refractivity contribution in [2.24, 2.45) is 0 Å². The first-order valence-electron chi connectivity index (χ1n) is 12.5. The predicted octanol–water partition coefficient (Wildman–Crippen LogP) is 2.66. The molecule has 0 aliphatic carbocycles. The van der Waals surface area contributed by atoms with Crippen LogP contribution >= 0.6 is 0 Å². The number of benzene rings is 2. The number of fused-ring (bicyclic) bond motifs is 1. The molecule has 2 saturated heterocycles. The number of carbonyl (C=O) groups excluding carboxylic acids is 2. The van der Waals surface area contributed by atoms with E-state index in [1.807, 2.05) is 36.4 Å². The lowest BCUT2D eigenvalue weighted by molar-refractivity contribution is -0.155. The molecule has 1 N–H and O–H groups in total. The Hall–Kier alpha value is -2.32. The van der Waals surface area contributed by atoms with E-state index in [0.29, 0.717) is 32.2 Å². The highest BCUT2D eigenvalue weighted by Crippen LogP contribution is 2.40. The summed E-state index contributed by atoms with van der Waals surface area (Å²) in [6, 6.07) is 20.0. The van der Waals surface area contributed by atoms with Crippen LogP contribution in [0.1, 0.15) is 46.5 Å². The third-order valence-corrected chi connectivity index (χ3v) is 12.8. The van der Waals surface area contributed by atoms with Gasteiger partial charge in [-0.1, -0.05) is 81.4 Å². The smallest absolute Gasteiger partial charge is 0.261 e. The summed E-state index contributed by atoms with van der Waals surface area (Å²) in [6.45, 7) is 7.02. The summed E-state index contributed by atoms with van der Waals surface area (Å²) in [5.74, 6) is -0.0524. The van der Waals surface area contributed by atoms with E-state index in [1.165, 1.54) is 17.5 Å². The number of ether oxygens (including phenoxy) is 1. The van der Waals surface area contributed by atoms with E-state index in [9.17, 15) is 14.7 Å². The van der Waals surface area contributed by atoms with Crippen molar-refractivity contribution >= 4 is 30.9 Å². The minimum atomic E-state index is -2.77. The zero-order valence-corrected chi connectivity index (χ0v) is 22.1. The number of nitrogens with zero attached hydrogens (tertiary/aromatic N) is 1. The van der Waals surface area contributed by atoms with Gasteiger partial charge in [0.15, 0.2) is 11.9 Å². The first-order valence-corrected chi connectivity index (χ1v) is 14.4. The molecule has 35 heavy (non-hydrogen) atoms. The second kappa shape index (κ2) is 9.97. The highest BCUT2D eigenvalue weighted by Gasteiger charge is 2.56. The van der Waals surface area contributed by atoms with E-state index < -0.39 is 26.1 Å². The maximum Gasteiger partial charge on any atom is 0.261 e. The van der Waals surface area contributed by atoms with Crippen LogP contribution < -0.4 is 10.4 Å². The lowest BCUT2D eigenvalue weighted by Crippen LogP contribution is -2.67. The highest BCUT2D eigenvalue weighted by atomic mass is 28.4. The average Bonchev–Trinajstić information content (AvgIpc) is 3.25. The molecule has 2 aliphatic heterocycles. The van der Waals surface area contributed by atoms with Crippen molar-refractivity contribution in [3.63, 3.8) is 0 Å². The summed E-state index contributed by atoms with van der Waals surface area (Å²) in [7, 11) is -1.28. The number of aldehydes is 1. The molecule has 0 unspecified atom stereocenters. The summed E-state index contributed by atoms with van der Waals surface area (Å²) in [5.41, 5.74) is -1.72. The number of rotatable bonds is 7. The van der Waals surface area contributed by atoms with Gasteiger partial charge in [0.2, 0.25) is 5.91 Å². The Kier molecular flexibility index (Phi) is 7.34. The van der Waals surface area contributed by atoms with Crippen LogP contribution in [0, 0.1) is 0 Å². The molecule has 7 heteroatoms. The first kappa shape index (κ1) is 25.8. The standard InChI is InChI=1S/C28H37NO5Si/c1-27(2,3)35(22-11-7-5-8-12-22,23-13-9-6-10-14-23)34-19-21-15-16-24-28(32,20-30)25(33-4)17-18-26(31)29(21)24/h5-14,20-21,24-25,32H,15-19H2,1-4H3/t21-,24-,25+,28-/m0/s1. The van der Waals surface area contributed by atoms with Gasteiger partial charge >= 0.3 is 0 Å². The molecule has 0 radical (unpaired) electrons. The van der Waals surface area contributed by atoms with Crippen LogP contribution in [0.5, 0.6) is 0 Å². The summed E-state index contributed by atoms with van der Waals surface area (Å²) >= 11 is 0. The molecule has 4 rings (SSSR count). The van der Waals surface area contributed by atoms with Gasteiger partial charge in [0.25, 0.3) is 8.32 Å². The van der Waals surface area contributed by atoms with Crippen molar-refractivity contribution in [3.8, 4) is 0 Å². The zero-order chi connectivity index (χ0) is 25.3. The van der Waals surface area contributed by atoms with E-state index in [0.717, 1.165) is 0 Å². The molecule has 2 aromatic carbocycles. The molecule has 2 aromatic rings. The van der Waals surface area contributed by atoms with Crippen molar-refractivity contribution in [1.82, 2.24) is 4.90 Å². The fourth-order valence-electron chi connectivity index (χ4n) is 6.15. The summed E-state index contributed by atoms with van der Waals surface area (Å²) in [5, 5.41) is 13.5. The number of hydrogen-bond donors (Lipinski definition) is 1. The molecule has 0 spiro atoms. The van der Waals surface area contributed by atoms with Crippen LogP contribution in [0.2, 0.25) is 5.04 Å². The lowest BCUT2D eigenvalue weighted by Gasteiger charge is -2.44. The number of aliphatic hydroxyl groups is 1. The maximum absolute atomic E-state index is 13.2. The number of amides is 1. The topological polar surface area (TPSA) is 76.1 Å². The maximum atomic E-state index is 13.2. The van der Waals surface area contributed by atoms with Crippen LogP contribution in [-0.2, 0) is 18.8 Å². The first-order chi connectivity index (χ1) is 16.7. The minimum absolute atomic E-state index is 0.0524. The largest absolute Gasteiger partial charge is 0.405 e. The molecule has 1 amide bonds. The van der Waals surface area contributed by atoms with Crippen LogP contribution in [0.3, 0.4) is 0 Å². The van der Waals surface area contributed by atoms with E-state index >= 15 is 0 Å². The van der Waals surface area contributed by atoms with Gasteiger partial charge in [-0.15, -0.1) is 0 Å². The molecule has 0 saturated carbocycles. The quantitative estimate of drug-likeness (QED) is 0.472. The monoisotopic (exact) mass is 495 g/mol. The Morgan fingerprint density at radius 1 is 1.03 bits per heavy atom. The van der Waals surface area contributed by atoms with E-state index in [4.69, 9.17) is 9.16 Å². The third kappa shape index (κ3) is 4.39. The lowest BCUT2D eigenvalue weighted by atomic mass is 9.87. The molecular formula is C28H37NO5Si. The third-order valence-electron chi connectivity index (χ3n) is 7.84. The molecule has 2 aliphatic rings. The van der Waals surface area contributed by atoms with Crippen molar-refractivity contribution < 1.29 is 23.9 Å². The van der Waals surface area contributed by atoms with Gasteiger partial charge in [0, 0.05) is 13.5 Å². The van der Waals surface area contributed by atoms with Crippen molar-refractivity contribution in [1.29, 1.82) is 0 Å². The van der Waals surface area contributed by atoms with Gasteiger partial charge in [-0.25, -0.2) is 0 Å².